The van der Waals surface area contributed by atoms with Gasteiger partial charge in [0.1, 0.15) is 0 Å². The average Bonchev–Trinajstić information content (AvgIpc) is 2.82. The summed E-state index contributed by atoms with van der Waals surface area (Å²) in [6.45, 7) is 0. The van der Waals surface area contributed by atoms with E-state index in [2.05, 4.69) is 15.5 Å². The van der Waals surface area contributed by atoms with Gasteiger partial charge < -0.3 is 0 Å². The Hall–Kier alpha value is -2.28. The molecule has 0 radical (unpaired) electrons. The fraction of sp³-hybridized carbons (Fsp3) is 0. The van der Waals surface area contributed by atoms with E-state index in [0.29, 0.717) is 0 Å². The largest absolute Gasteiger partial charge is 0.313 e. The van der Waals surface area contributed by atoms with Crippen LogP contribution in [-0.2, 0) is 0 Å². The molecule has 7 heteroatoms. The smallest absolute Gasteiger partial charge is 0.258 e. The van der Waals surface area contributed by atoms with Crippen LogP contribution in [-0.4, -0.2) is 16.1 Å². The minimum atomic E-state index is -0.504. The van der Waals surface area contributed by atoms with Gasteiger partial charge in [-0.1, -0.05) is 6.07 Å². The molecular formula is C10H8N4O2S. The lowest BCUT2D eigenvalue weighted by Crippen LogP contribution is -1.98. The maximum atomic E-state index is 10.7. The van der Waals surface area contributed by atoms with Crippen LogP contribution < -0.4 is 5.43 Å². The molecule has 6 nitrogen and oxygen atoms in total. The predicted octanol–water partition coefficient (Wildman–Crippen LogP) is 2.50. The molecule has 17 heavy (non-hydrogen) atoms. The van der Waals surface area contributed by atoms with E-state index in [1.807, 2.05) is 17.5 Å². The summed E-state index contributed by atoms with van der Waals surface area (Å²) in [6.07, 6.45) is 3.05. The molecule has 0 bridgehead atoms. The van der Waals surface area contributed by atoms with E-state index in [4.69, 9.17) is 0 Å². The fourth-order valence-corrected chi connectivity index (χ4v) is 1.74. The second-order valence-corrected chi connectivity index (χ2v) is 3.99. The number of aromatic nitrogens is 1. The zero-order valence-electron chi connectivity index (χ0n) is 8.61. The molecule has 2 aromatic heterocycles. The third-order valence-corrected chi connectivity index (χ3v) is 2.70. The van der Waals surface area contributed by atoms with Crippen molar-refractivity contribution in [2.24, 2.45) is 5.10 Å². The second-order valence-electron chi connectivity index (χ2n) is 3.01. The van der Waals surface area contributed by atoms with Crippen molar-refractivity contribution in [1.82, 2.24) is 4.98 Å². The van der Waals surface area contributed by atoms with Gasteiger partial charge in [-0.15, -0.1) is 11.3 Å². The van der Waals surface area contributed by atoms with Crippen LogP contribution in [0.25, 0.3) is 0 Å². The first-order valence-corrected chi connectivity index (χ1v) is 5.57. The highest BCUT2D eigenvalue weighted by atomic mass is 32.1. The van der Waals surface area contributed by atoms with Crippen molar-refractivity contribution in [3.8, 4) is 0 Å². The Kier molecular flexibility index (Phi) is 3.41. The Morgan fingerprint density at radius 1 is 1.47 bits per heavy atom. The normalized spacial score (nSPS) is 10.6. The maximum Gasteiger partial charge on any atom is 0.313 e. The molecule has 1 N–H and O–H groups in total. The lowest BCUT2D eigenvalue weighted by atomic mass is 10.4. The maximum absolute atomic E-state index is 10.7. The van der Waals surface area contributed by atoms with Crippen molar-refractivity contribution in [2.75, 3.05) is 5.43 Å². The van der Waals surface area contributed by atoms with E-state index in [0.717, 1.165) is 4.88 Å². The van der Waals surface area contributed by atoms with Crippen LogP contribution >= 0.6 is 11.3 Å². The molecule has 0 aliphatic heterocycles. The van der Waals surface area contributed by atoms with Gasteiger partial charge in [0.25, 0.3) is 0 Å². The van der Waals surface area contributed by atoms with E-state index in [-0.39, 0.29) is 11.5 Å². The lowest BCUT2D eigenvalue weighted by molar-refractivity contribution is -0.384. The minimum absolute atomic E-state index is 0.101. The quantitative estimate of drug-likeness (QED) is 0.512. The highest BCUT2D eigenvalue weighted by Crippen LogP contribution is 2.19. The molecule has 2 aromatic rings. The first-order valence-electron chi connectivity index (χ1n) is 4.69. The first kappa shape index (κ1) is 11.2. The van der Waals surface area contributed by atoms with Gasteiger partial charge in [0.15, 0.2) is 0 Å². The predicted molar refractivity (Wildman–Crippen MR) is 66.4 cm³/mol. The molecule has 0 amide bonds. The topological polar surface area (TPSA) is 80.4 Å². The molecule has 2 heterocycles. The molecule has 0 aliphatic carbocycles. The molecular weight excluding hydrogens is 240 g/mol. The summed E-state index contributed by atoms with van der Waals surface area (Å²) in [5.74, 6) is 0.130. The summed E-state index contributed by atoms with van der Waals surface area (Å²) < 4.78 is 0. The molecule has 0 spiro atoms. The Morgan fingerprint density at radius 2 is 2.35 bits per heavy atom. The van der Waals surface area contributed by atoms with Crippen LogP contribution in [0.5, 0.6) is 0 Å². The van der Waals surface area contributed by atoms with Crippen molar-refractivity contribution in [3.63, 3.8) is 0 Å². The number of nitro groups is 1. The minimum Gasteiger partial charge on any atom is -0.258 e. The molecule has 0 aliphatic rings. The van der Waals surface area contributed by atoms with Crippen LogP contribution in [0.1, 0.15) is 4.88 Å². The standard InChI is InChI=1S/C10H8N4O2S/c15-14(16)9-4-1-5-11-10(9)13-12-7-8-3-2-6-17-8/h1-7H,(H,11,13)/b12-7-. The number of thiophene rings is 1. The van der Waals surface area contributed by atoms with Crippen LogP contribution in [0.3, 0.4) is 0 Å². The molecule has 0 atom stereocenters. The van der Waals surface area contributed by atoms with Crippen molar-refractivity contribution >= 4 is 29.1 Å². The number of nitrogens with one attached hydrogen (secondary N) is 1. The molecule has 86 valence electrons. The Morgan fingerprint density at radius 3 is 3.06 bits per heavy atom. The van der Waals surface area contributed by atoms with Crippen molar-refractivity contribution in [2.45, 2.75) is 0 Å². The number of hydrazone groups is 1. The first-order chi connectivity index (χ1) is 8.27. The number of rotatable bonds is 4. The van der Waals surface area contributed by atoms with Gasteiger partial charge in [-0.25, -0.2) is 4.98 Å². The van der Waals surface area contributed by atoms with Crippen molar-refractivity contribution in [1.29, 1.82) is 0 Å². The highest BCUT2D eigenvalue weighted by Gasteiger charge is 2.12. The molecule has 0 unspecified atom stereocenters. The van der Waals surface area contributed by atoms with Crippen LogP contribution in [0, 0.1) is 10.1 Å². The van der Waals surface area contributed by atoms with E-state index >= 15 is 0 Å². The summed E-state index contributed by atoms with van der Waals surface area (Å²) in [7, 11) is 0. The highest BCUT2D eigenvalue weighted by molar-refractivity contribution is 7.11. The van der Waals surface area contributed by atoms with Gasteiger partial charge in [-0.2, -0.15) is 5.10 Å². The average molecular weight is 248 g/mol. The fourth-order valence-electron chi connectivity index (χ4n) is 1.15. The monoisotopic (exact) mass is 248 g/mol. The number of hydrogen-bond acceptors (Lipinski definition) is 6. The van der Waals surface area contributed by atoms with Gasteiger partial charge in [-0.05, 0) is 17.5 Å². The molecule has 2 rings (SSSR count). The van der Waals surface area contributed by atoms with E-state index < -0.39 is 4.92 Å². The molecule has 0 saturated carbocycles. The van der Waals surface area contributed by atoms with Crippen LogP contribution in [0.15, 0.2) is 40.9 Å². The summed E-state index contributed by atoms with van der Waals surface area (Å²) in [5.41, 5.74) is 2.46. The van der Waals surface area contributed by atoms with Crippen LogP contribution in [0.2, 0.25) is 0 Å². The van der Waals surface area contributed by atoms with Gasteiger partial charge in [0.2, 0.25) is 5.82 Å². The van der Waals surface area contributed by atoms with Gasteiger partial charge in [0.05, 0.1) is 11.1 Å². The number of anilines is 1. The molecule has 0 saturated heterocycles. The zero-order valence-corrected chi connectivity index (χ0v) is 9.42. The molecule has 0 aromatic carbocycles. The van der Waals surface area contributed by atoms with Gasteiger partial charge >= 0.3 is 5.69 Å². The lowest BCUT2D eigenvalue weighted by Gasteiger charge is -1.99. The number of pyridine rings is 1. The second kappa shape index (κ2) is 5.17. The summed E-state index contributed by atoms with van der Waals surface area (Å²) in [4.78, 5) is 15.0. The zero-order chi connectivity index (χ0) is 12.1. The van der Waals surface area contributed by atoms with E-state index in [1.165, 1.54) is 29.7 Å². The van der Waals surface area contributed by atoms with Crippen LogP contribution in [0.4, 0.5) is 11.5 Å². The Balaban J connectivity index is 2.11. The Labute approximate surface area is 101 Å². The van der Waals surface area contributed by atoms with E-state index in [1.54, 1.807) is 6.21 Å². The third kappa shape index (κ3) is 2.85. The third-order valence-electron chi connectivity index (χ3n) is 1.89. The Bertz CT molecular complexity index is 539. The summed E-state index contributed by atoms with van der Waals surface area (Å²) in [5, 5.41) is 16.5. The summed E-state index contributed by atoms with van der Waals surface area (Å²) in [6, 6.07) is 6.67. The molecule has 0 fully saturated rings. The number of hydrogen-bond donors (Lipinski definition) is 1. The van der Waals surface area contributed by atoms with E-state index in [9.17, 15) is 10.1 Å². The van der Waals surface area contributed by atoms with Crippen molar-refractivity contribution < 1.29 is 4.92 Å². The number of nitrogens with zero attached hydrogens (tertiary/aromatic N) is 3. The van der Waals surface area contributed by atoms with Gasteiger partial charge in [0, 0.05) is 17.1 Å². The summed E-state index contributed by atoms with van der Waals surface area (Å²) >= 11 is 1.52. The SMILES string of the molecule is O=[N+]([O-])c1cccnc1N/N=C\c1cccs1. The van der Waals surface area contributed by atoms with Gasteiger partial charge in [-0.3, -0.25) is 15.5 Å². The van der Waals surface area contributed by atoms with Crippen molar-refractivity contribution in [3.05, 3.63) is 50.8 Å².